The second-order valence-corrected chi connectivity index (χ2v) is 7.50. The molecule has 0 spiro atoms. The minimum Gasteiger partial charge on any atom is -0.455 e. The van der Waals surface area contributed by atoms with Gasteiger partial charge in [0.25, 0.3) is 5.91 Å². The van der Waals surface area contributed by atoms with E-state index in [1.165, 1.54) is 0 Å². The molecule has 0 saturated heterocycles. The molecule has 2 aromatic carbocycles. The number of carbonyl (C=O) groups excluding carboxylic acids is 3. The molecule has 0 atom stereocenters. The summed E-state index contributed by atoms with van der Waals surface area (Å²) < 4.78 is 4.93. The van der Waals surface area contributed by atoms with Gasteiger partial charge >= 0.3 is 5.97 Å². The highest BCUT2D eigenvalue weighted by molar-refractivity contribution is 8.00. The number of anilines is 2. The molecule has 2 amide bonds. The molecule has 2 aromatic rings. The van der Waals surface area contributed by atoms with Crippen LogP contribution in [0.25, 0.3) is 0 Å². The maximum Gasteiger partial charge on any atom is 0.316 e. The Labute approximate surface area is 173 Å². The Morgan fingerprint density at radius 2 is 1.79 bits per heavy atom. The smallest absolute Gasteiger partial charge is 0.316 e. The first-order chi connectivity index (χ1) is 13.3. The molecule has 2 rings (SSSR count). The van der Waals surface area contributed by atoms with Crippen molar-refractivity contribution in [3.63, 3.8) is 0 Å². The Kier molecular flexibility index (Phi) is 8.35. The number of esters is 1. The normalized spacial score (nSPS) is 10.2. The Bertz CT molecular complexity index is 873. The largest absolute Gasteiger partial charge is 0.455 e. The van der Waals surface area contributed by atoms with Gasteiger partial charge in [-0.25, -0.2) is 0 Å². The van der Waals surface area contributed by atoms with Gasteiger partial charge in [0.1, 0.15) is 0 Å². The summed E-state index contributed by atoms with van der Waals surface area (Å²) in [6.45, 7) is 3.36. The lowest BCUT2D eigenvalue weighted by Gasteiger charge is -2.09. The van der Waals surface area contributed by atoms with Crippen molar-refractivity contribution in [1.82, 2.24) is 0 Å². The summed E-state index contributed by atoms with van der Waals surface area (Å²) in [4.78, 5) is 35.5. The quantitative estimate of drug-likeness (QED) is 0.634. The van der Waals surface area contributed by atoms with Crippen LogP contribution in [0, 0.1) is 13.8 Å². The molecule has 0 aliphatic carbocycles. The Morgan fingerprint density at radius 3 is 2.54 bits per heavy atom. The van der Waals surface area contributed by atoms with E-state index >= 15 is 0 Å². The van der Waals surface area contributed by atoms with E-state index in [4.69, 9.17) is 16.3 Å². The van der Waals surface area contributed by atoms with Crippen LogP contribution in [-0.4, -0.2) is 35.9 Å². The molecule has 0 fully saturated rings. The van der Waals surface area contributed by atoms with Crippen molar-refractivity contribution in [2.24, 2.45) is 0 Å². The van der Waals surface area contributed by atoms with Crippen molar-refractivity contribution in [2.45, 2.75) is 13.8 Å². The number of thioether (sulfide) groups is 1. The van der Waals surface area contributed by atoms with Gasteiger partial charge in [0.2, 0.25) is 5.91 Å². The highest BCUT2D eigenvalue weighted by atomic mass is 35.5. The van der Waals surface area contributed by atoms with Gasteiger partial charge in [-0.15, -0.1) is 11.8 Å². The predicted molar refractivity (Wildman–Crippen MR) is 113 cm³/mol. The Hall–Kier alpha value is -2.51. The van der Waals surface area contributed by atoms with Crippen LogP contribution in [0.1, 0.15) is 11.1 Å². The van der Waals surface area contributed by atoms with Crippen molar-refractivity contribution < 1.29 is 19.1 Å². The topological polar surface area (TPSA) is 84.5 Å². The molecule has 6 nitrogen and oxygen atoms in total. The number of carbonyl (C=O) groups is 3. The van der Waals surface area contributed by atoms with E-state index in [0.29, 0.717) is 16.4 Å². The molecule has 8 heteroatoms. The molecular weight excluding hydrogens is 400 g/mol. The van der Waals surface area contributed by atoms with Crippen LogP contribution in [0.4, 0.5) is 11.4 Å². The molecule has 0 aromatic heterocycles. The monoisotopic (exact) mass is 420 g/mol. The number of nitrogens with one attached hydrogen (secondary N) is 2. The standard InChI is InChI=1S/C20H21ClN2O4S/c1-13-4-3-5-16(8-13)22-19(25)11-28-12-20(26)27-10-18(24)23-17-9-15(21)7-6-14(17)2/h3-9H,10-12H2,1-2H3,(H,22,25)(H,23,24). The molecule has 2 N–H and O–H groups in total. The van der Waals surface area contributed by atoms with Crippen molar-refractivity contribution in [3.05, 3.63) is 58.6 Å². The molecule has 0 aliphatic rings. The lowest BCUT2D eigenvalue weighted by atomic mass is 10.2. The van der Waals surface area contributed by atoms with Gasteiger partial charge in [-0.05, 0) is 49.2 Å². The average molecular weight is 421 g/mol. The number of benzene rings is 2. The highest BCUT2D eigenvalue weighted by Gasteiger charge is 2.11. The van der Waals surface area contributed by atoms with E-state index < -0.39 is 18.5 Å². The van der Waals surface area contributed by atoms with Crippen LogP contribution in [0.3, 0.4) is 0 Å². The van der Waals surface area contributed by atoms with Crippen LogP contribution in [-0.2, 0) is 19.1 Å². The number of halogens is 1. The summed E-state index contributed by atoms with van der Waals surface area (Å²) >= 11 is 7.01. The minimum absolute atomic E-state index is 0.0231. The van der Waals surface area contributed by atoms with E-state index in [1.807, 2.05) is 32.0 Å². The third kappa shape index (κ3) is 7.62. The number of hydrogen-bond donors (Lipinski definition) is 2. The SMILES string of the molecule is Cc1cccc(NC(=O)CSCC(=O)OCC(=O)Nc2cc(Cl)ccc2C)c1. The lowest BCUT2D eigenvalue weighted by Crippen LogP contribution is -2.22. The van der Waals surface area contributed by atoms with Crippen molar-refractivity contribution in [3.8, 4) is 0 Å². The zero-order chi connectivity index (χ0) is 20.5. The van der Waals surface area contributed by atoms with E-state index in [2.05, 4.69) is 10.6 Å². The molecule has 0 unspecified atom stereocenters. The van der Waals surface area contributed by atoms with E-state index in [9.17, 15) is 14.4 Å². The molecule has 148 valence electrons. The number of ether oxygens (including phenoxy) is 1. The summed E-state index contributed by atoms with van der Waals surface area (Å²) in [6, 6.07) is 12.6. The Morgan fingerprint density at radius 1 is 1.00 bits per heavy atom. The van der Waals surface area contributed by atoms with E-state index in [-0.39, 0.29) is 17.4 Å². The summed E-state index contributed by atoms with van der Waals surface area (Å²) in [5, 5.41) is 5.90. The van der Waals surface area contributed by atoms with E-state index in [0.717, 1.165) is 22.9 Å². The van der Waals surface area contributed by atoms with Crippen molar-refractivity contribution in [2.75, 3.05) is 28.7 Å². The van der Waals surface area contributed by atoms with Gasteiger partial charge < -0.3 is 15.4 Å². The van der Waals surface area contributed by atoms with Crippen LogP contribution >= 0.6 is 23.4 Å². The number of amides is 2. The third-order valence-corrected chi connectivity index (χ3v) is 4.73. The highest BCUT2D eigenvalue weighted by Crippen LogP contribution is 2.20. The zero-order valence-corrected chi connectivity index (χ0v) is 17.2. The van der Waals surface area contributed by atoms with Crippen molar-refractivity contribution >= 4 is 52.5 Å². The molecule has 0 heterocycles. The molecular formula is C20H21ClN2O4S. The summed E-state index contributed by atoms with van der Waals surface area (Å²) in [7, 11) is 0. The second-order valence-electron chi connectivity index (χ2n) is 6.08. The van der Waals surface area contributed by atoms with Gasteiger partial charge in [0.15, 0.2) is 6.61 Å². The van der Waals surface area contributed by atoms with Gasteiger partial charge in [0, 0.05) is 16.4 Å². The second kappa shape index (κ2) is 10.7. The van der Waals surface area contributed by atoms with Gasteiger partial charge in [-0.1, -0.05) is 29.8 Å². The van der Waals surface area contributed by atoms with E-state index in [1.54, 1.807) is 24.3 Å². The fourth-order valence-corrected chi connectivity index (χ4v) is 3.03. The fourth-order valence-electron chi connectivity index (χ4n) is 2.25. The minimum atomic E-state index is -0.564. The summed E-state index contributed by atoms with van der Waals surface area (Å²) in [6.07, 6.45) is 0. The number of aryl methyl sites for hydroxylation is 2. The molecule has 0 aliphatic heterocycles. The van der Waals surface area contributed by atoms with Gasteiger partial charge in [0.05, 0.1) is 11.5 Å². The first-order valence-corrected chi connectivity index (χ1v) is 10.0. The van der Waals surface area contributed by atoms with Gasteiger partial charge in [-0.2, -0.15) is 0 Å². The molecule has 28 heavy (non-hydrogen) atoms. The molecule has 0 bridgehead atoms. The maximum atomic E-state index is 11.9. The first kappa shape index (κ1) is 21.8. The van der Waals surface area contributed by atoms with Crippen LogP contribution in [0.15, 0.2) is 42.5 Å². The third-order valence-electron chi connectivity index (χ3n) is 3.59. The Balaban J connectivity index is 1.66. The average Bonchev–Trinajstić information content (AvgIpc) is 2.63. The summed E-state index contributed by atoms with van der Waals surface area (Å²) in [5.41, 5.74) is 3.16. The molecule has 0 saturated carbocycles. The number of hydrogen-bond acceptors (Lipinski definition) is 5. The lowest BCUT2D eigenvalue weighted by molar-refractivity contribution is -0.144. The van der Waals surface area contributed by atoms with Gasteiger partial charge in [-0.3, -0.25) is 14.4 Å². The van der Waals surface area contributed by atoms with Crippen LogP contribution in [0.5, 0.6) is 0 Å². The fraction of sp³-hybridized carbons (Fsp3) is 0.250. The zero-order valence-electron chi connectivity index (χ0n) is 15.6. The molecule has 0 radical (unpaired) electrons. The van der Waals surface area contributed by atoms with Crippen LogP contribution in [0.2, 0.25) is 5.02 Å². The van der Waals surface area contributed by atoms with Crippen molar-refractivity contribution in [1.29, 1.82) is 0 Å². The predicted octanol–water partition coefficient (Wildman–Crippen LogP) is 3.81. The number of rotatable bonds is 8. The van der Waals surface area contributed by atoms with Crippen LogP contribution < -0.4 is 10.6 Å². The maximum absolute atomic E-state index is 11.9. The first-order valence-electron chi connectivity index (χ1n) is 8.49. The summed E-state index contributed by atoms with van der Waals surface area (Å²) in [5.74, 6) is -1.15.